The second-order valence-electron chi connectivity index (χ2n) is 5.06. The predicted octanol–water partition coefficient (Wildman–Crippen LogP) is 1.96. The van der Waals surface area contributed by atoms with Crippen LogP contribution in [0.2, 0.25) is 0 Å². The summed E-state index contributed by atoms with van der Waals surface area (Å²) in [6.45, 7) is 4.67. The lowest BCUT2D eigenvalue weighted by molar-refractivity contribution is -0.123. The van der Waals surface area contributed by atoms with E-state index in [-0.39, 0.29) is 5.91 Å². The first-order chi connectivity index (χ1) is 8.06. The standard InChI is InChI=1S/C14H20N2O/c1-14(2,15-3)13(17)16-10-6-8-11-7-4-5-9-12(11)16/h4-5,7,9,15H,6,8,10H2,1-3H3. The lowest BCUT2D eigenvalue weighted by atomic mass is 9.97. The van der Waals surface area contributed by atoms with Gasteiger partial charge in [0, 0.05) is 12.2 Å². The Morgan fingerprint density at radius 2 is 2.06 bits per heavy atom. The molecule has 0 unspecified atom stereocenters. The third-order valence-corrected chi connectivity index (χ3v) is 3.52. The van der Waals surface area contributed by atoms with Gasteiger partial charge in [0.05, 0.1) is 5.54 Å². The molecule has 0 aliphatic carbocycles. The Balaban J connectivity index is 2.33. The smallest absolute Gasteiger partial charge is 0.246 e. The molecule has 1 aromatic carbocycles. The van der Waals surface area contributed by atoms with Gasteiger partial charge in [-0.2, -0.15) is 0 Å². The van der Waals surface area contributed by atoms with Gasteiger partial charge in [-0.15, -0.1) is 0 Å². The van der Waals surface area contributed by atoms with Crippen molar-refractivity contribution in [2.45, 2.75) is 32.2 Å². The molecule has 0 atom stereocenters. The maximum absolute atomic E-state index is 12.5. The number of nitrogens with zero attached hydrogens (tertiary/aromatic N) is 1. The number of hydrogen-bond donors (Lipinski definition) is 1. The van der Waals surface area contributed by atoms with E-state index in [9.17, 15) is 4.79 Å². The lowest BCUT2D eigenvalue weighted by Crippen LogP contribution is -2.54. The van der Waals surface area contributed by atoms with Crippen molar-refractivity contribution in [3.8, 4) is 0 Å². The van der Waals surface area contributed by atoms with Crippen molar-refractivity contribution in [1.82, 2.24) is 5.32 Å². The summed E-state index contributed by atoms with van der Waals surface area (Å²) in [5.74, 6) is 0.146. The molecule has 2 rings (SSSR count). The first kappa shape index (κ1) is 12.1. The second kappa shape index (κ2) is 4.49. The Kier molecular flexibility index (Phi) is 3.20. The molecular weight excluding hydrogens is 212 g/mol. The second-order valence-corrected chi connectivity index (χ2v) is 5.06. The number of hydrogen-bond acceptors (Lipinski definition) is 2. The van der Waals surface area contributed by atoms with Gasteiger partial charge in [-0.25, -0.2) is 0 Å². The summed E-state index contributed by atoms with van der Waals surface area (Å²) in [6, 6.07) is 8.19. The van der Waals surface area contributed by atoms with Crippen molar-refractivity contribution < 1.29 is 4.79 Å². The molecule has 1 aliphatic heterocycles. The first-order valence-corrected chi connectivity index (χ1v) is 6.15. The van der Waals surface area contributed by atoms with Crippen LogP contribution in [0.25, 0.3) is 0 Å². The normalized spacial score (nSPS) is 15.6. The van der Waals surface area contributed by atoms with Crippen LogP contribution >= 0.6 is 0 Å². The summed E-state index contributed by atoms with van der Waals surface area (Å²) in [5.41, 5.74) is 1.84. The zero-order valence-electron chi connectivity index (χ0n) is 10.8. The molecular formula is C14H20N2O. The van der Waals surface area contributed by atoms with E-state index < -0.39 is 5.54 Å². The molecule has 0 saturated carbocycles. The highest BCUT2D eigenvalue weighted by Gasteiger charge is 2.33. The molecule has 1 heterocycles. The molecule has 3 nitrogen and oxygen atoms in total. The minimum atomic E-state index is -0.509. The third-order valence-electron chi connectivity index (χ3n) is 3.52. The number of benzene rings is 1. The monoisotopic (exact) mass is 232 g/mol. The first-order valence-electron chi connectivity index (χ1n) is 6.15. The maximum Gasteiger partial charge on any atom is 0.246 e. The molecule has 0 spiro atoms. The summed E-state index contributed by atoms with van der Waals surface area (Å²) in [4.78, 5) is 14.4. The van der Waals surface area contributed by atoms with Gasteiger partial charge in [-0.05, 0) is 45.4 Å². The number of para-hydroxylation sites is 1. The number of amides is 1. The number of carbonyl (C=O) groups excluding carboxylic acids is 1. The van der Waals surface area contributed by atoms with Gasteiger partial charge in [-0.1, -0.05) is 18.2 Å². The van der Waals surface area contributed by atoms with Crippen LogP contribution in [0.4, 0.5) is 5.69 Å². The molecule has 0 saturated heterocycles. The lowest BCUT2D eigenvalue weighted by Gasteiger charge is -2.35. The minimum Gasteiger partial charge on any atom is -0.311 e. The van der Waals surface area contributed by atoms with Gasteiger partial charge in [0.1, 0.15) is 0 Å². The van der Waals surface area contributed by atoms with Crippen LogP contribution < -0.4 is 10.2 Å². The molecule has 0 aromatic heterocycles. The highest BCUT2D eigenvalue weighted by Crippen LogP contribution is 2.28. The highest BCUT2D eigenvalue weighted by molar-refractivity contribution is 6.00. The number of rotatable bonds is 2. The van der Waals surface area contributed by atoms with Gasteiger partial charge in [0.25, 0.3) is 0 Å². The zero-order chi connectivity index (χ0) is 12.5. The van der Waals surface area contributed by atoms with Crippen LogP contribution in [-0.4, -0.2) is 25.0 Å². The van der Waals surface area contributed by atoms with E-state index in [0.717, 1.165) is 25.1 Å². The van der Waals surface area contributed by atoms with Crippen LogP contribution in [0.15, 0.2) is 24.3 Å². The summed E-state index contributed by atoms with van der Waals surface area (Å²) in [5, 5.41) is 3.08. The van der Waals surface area contributed by atoms with Crippen LogP contribution in [0.5, 0.6) is 0 Å². The minimum absolute atomic E-state index is 0.146. The number of likely N-dealkylation sites (N-methyl/N-ethyl adjacent to an activating group) is 1. The Morgan fingerprint density at radius 1 is 1.35 bits per heavy atom. The average molecular weight is 232 g/mol. The molecule has 1 aliphatic rings. The fraction of sp³-hybridized carbons (Fsp3) is 0.500. The van der Waals surface area contributed by atoms with Gasteiger partial charge in [0.2, 0.25) is 5.91 Å². The molecule has 17 heavy (non-hydrogen) atoms. The number of anilines is 1. The van der Waals surface area contributed by atoms with Gasteiger partial charge < -0.3 is 10.2 Å². The molecule has 0 bridgehead atoms. The molecule has 3 heteroatoms. The van der Waals surface area contributed by atoms with Gasteiger partial charge in [-0.3, -0.25) is 4.79 Å². The molecule has 1 N–H and O–H groups in total. The van der Waals surface area contributed by atoms with E-state index in [4.69, 9.17) is 0 Å². The van der Waals surface area contributed by atoms with Crippen LogP contribution in [0.1, 0.15) is 25.8 Å². The van der Waals surface area contributed by atoms with E-state index >= 15 is 0 Å². The molecule has 0 fully saturated rings. The number of carbonyl (C=O) groups is 1. The van der Waals surface area contributed by atoms with Crippen LogP contribution in [0.3, 0.4) is 0 Å². The number of aryl methyl sites for hydroxylation is 1. The molecule has 1 amide bonds. The van der Waals surface area contributed by atoms with E-state index in [0.29, 0.717) is 0 Å². The van der Waals surface area contributed by atoms with Gasteiger partial charge in [0.15, 0.2) is 0 Å². The zero-order valence-corrected chi connectivity index (χ0v) is 10.8. The summed E-state index contributed by atoms with van der Waals surface area (Å²) < 4.78 is 0. The number of nitrogens with one attached hydrogen (secondary N) is 1. The van der Waals surface area contributed by atoms with Crippen LogP contribution in [-0.2, 0) is 11.2 Å². The topological polar surface area (TPSA) is 32.3 Å². The fourth-order valence-electron chi connectivity index (χ4n) is 2.19. The van der Waals surface area contributed by atoms with E-state index in [2.05, 4.69) is 11.4 Å². The Hall–Kier alpha value is -1.35. The fourth-order valence-corrected chi connectivity index (χ4v) is 2.19. The molecule has 0 radical (unpaired) electrons. The van der Waals surface area contributed by atoms with E-state index in [1.165, 1.54) is 5.56 Å². The molecule has 1 aromatic rings. The summed E-state index contributed by atoms with van der Waals surface area (Å²) in [7, 11) is 1.83. The largest absolute Gasteiger partial charge is 0.311 e. The maximum atomic E-state index is 12.5. The average Bonchev–Trinajstić information content (AvgIpc) is 2.37. The van der Waals surface area contributed by atoms with E-state index in [1.54, 1.807) is 0 Å². The Labute approximate surface area is 103 Å². The summed E-state index contributed by atoms with van der Waals surface area (Å²) in [6.07, 6.45) is 2.11. The highest BCUT2D eigenvalue weighted by atomic mass is 16.2. The van der Waals surface area contributed by atoms with E-state index in [1.807, 2.05) is 44.0 Å². The van der Waals surface area contributed by atoms with Gasteiger partial charge >= 0.3 is 0 Å². The van der Waals surface area contributed by atoms with Crippen molar-refractivity contribution in [3.05, 3.63) is 29.8 Å². The Bertz CT molecular complexity index is 426. The molecule has 92 valence electrons. The summed E-state index contributed by atoms with van der Waals surface area (Å²) >= 11 is 0. The SMILES string of the molecule is CNC(C)(C)C(=O)N1CCCc2ccccc21. The third kappa shape index (κ3) is 2.20. The number of fused-ring (bicyclic) bond motifs is 1. The van der Waals surface area contributed by atoms with Crippen molar-refractivity contribution in [1.29, 1.82) is 0 Å². The Morgan fingerprint density at radius 3 is 2.76 bits per heavy atom. The quantitative estimate of drug-likeness (QED) is 0.845. The van der Waals surface area contributed by atoms with Crippen molar-refractivity contribution in [2.75, 3.05) is 18.5 Å². The van der Waals surface area contributed by atoms with Crippen molar-refractivity contribution >= 4 is 11.6 Å². The van der Waals surface area contributed by atoms with Crippen molar-refractivity contribution in [3.63, 3.8) is 0 Å². The van der Waals surface area contributed by atoms with Crippen LogP contribution in [0, 0.1) is 0 Å². The van der Waals surface area contributed by atoms with Crippen molar-refractivity contribution in [2.24, 2.45) is 0 Å². The predicted molar refractivity (Wildman–Crippen MR) is 70.3 cm³/mol.